The first-order valence-corrected chi connectivity index (χ1v) is 8.01. The lowest BCUT2D eigenvalue weighted by atomic mass is 10.2. The number of aliphatic imine (C=N–C) groups is 1. The van der Waals surface area contributed by atoms with Crippen LogP contribution in [0.25, 0.3) is 0 Å². The van der Waals surface area contributed by atoms with Crippen LogP contribution in [-0.2, 0) is 16.2 Å². The smallest absolute Gasteiger partial charge is 0.338 e. The highest BCUT2D eigenvalue weighted by Crippen LogP contribution is 2.18. The predicted octanol–water partition coefficient (Wildman–Crippen LogP) is 1.61. The lowest BCUT2D eigenvalue weighted by Crippen LogP contribution is -2.35. The molecule has 1 aliphatic heterocycles. The third kappa shape index (κ3) is 4.67. The number of allylic oxidation sites excluding steroid dienone is 1. The fourth-order valence-electron chi connectivity index (χ4n) is 2.44. The number of hydroxylamine groups is 1. The first kappa shape index (κ1) is 19.6. The zero-order valence-corrected chi connectivity index (χ0v) is 15.4. The zero-order valence-electron chi connectivity index (χ0n) is 14.6. The summed E-state index contributed by atoms with van der Waals surface area (Å²) in [6, 6.07) is 3.48. The second-order valence-electron chi connectivity index (χ2n) is 5.26. The summed E-state index contributed by atoms with van der Waals surface area (Å²) in [4.78, 5) is 31.0. The minimum absolute atomic E-state index is 0.0687. The maximum absolute atomic E-state index is 11.8. The summed E-state index contributed by atoms with van der Waals surface area (Å²) in [5, 5.41) is 15.9. The van der Waals surface area contributed by atoms with Crippen molar-refractivity contribution in [2.24, 2.45) is 10.1 Å². The summed E-state index contributed by atoms with van der Waals surface area (Å²) in [5.41, 5.74) is 3.44. The average molecular weight is 383 g/mol. The third-order valence-corrected chi connectivity index (χ3v) is 3.74. The van der Waals surface area contributed by atoms with Crippen LogP contribution in [0.2, 0.25) is 5.15 Å². The van der Waals surface area contributed by atoms with Crippen LogP contribution >= 0.6 is 11.6 Å². The van der Waals surface area contributed by atoms with Crippen molar-refractivity contribution >= 4 is 23.1 Å². The second kappa shape index (κ2) is 9.11. The Balaban J connectivity index is 2.40. The number of pyridine rings is 1. The van der Waals surface area contributed by atoms with E-state index in [9.17, 15) is 10.1 Å². The van der Waals surface area contributed by atoms with E-state index in [1.807, 2.05) is 6.07 Å². The summed E-state index contributed by atoms with van der Waals surface area (Å²) < 4.78 is 0. The lowest BCUT2D eigenvalue weighted by Gasteiger charge is -2.20. The number of hydrogen-bond donors (Lipinski definition) is 1. The molecule has 0 saturated heterocycles. The third-order valence-electron chi connectivity index (χ3n) is 3.52. The molecule has 2 rings (SSSR count). The Labute approximate surface area is 155 Å². The van der Waals surface area contributed by atoms with Crippen LogP contribution in [0.1, 0.15) is 12.5 Å². The molecule has 1 aromatic rings. The van der Waals surface area contributed by atoms with Gasteiger partial charge in [0.05, 0.1) is 18.6 Å². The van der Waals surface area contributed by atoms with Gasteiger partial charge in [0, 0.05) is 19.3 Å². The van der Waals surface area contributed by atoms with E-state index in [1.54, 1.807) is 24.1 Å². The summed E-state index contributed by atoms with van der Waals surface area (Å²) in [5.74, 6) is 0.232. The van der Waals surface area contributed by atoms with Crippen molar-refractivity contribution in [1.29, 1.82) is 0 Å². The fraction of sp³-hybridized carbons (Fsp3) is 0.400. The monoisotopic (exact) mass is 382 g/mol. The van der Waals surface area contributed by atoms with E-state index >= 15 is 0 Å². The van der Waals surface area contributed by atoms with E-state index in [2.05, 4.69) is 20.6 Å². The Morgan fingerprint density at radius 1 is 1.50 bits per heavy atom. The molecule has 10 nitrogen and oxygen atoms in total. The van der Waals surface area contributed by atoms with Crippen LogP contribution in [0.15, 0.2) is 39.9 Å². The van der Waals surface area contributed by atoms with Gasteiger partial charge in [-0.3, -0.25) is 25.4 Å². The highest BCUT2D eigenvalue weighted by atomic mass is 35.5. The zero-order chi connectivity index (χ0) is 19.1. The van der Waals surface area contributed by atoms with Gasteiger partial charge in [0.2, 0.25) is 5.84 Å². The van der Waals surface area contributed by atoms with Gasteiger partial charge in [0.1, 0.15) is 18.0 Å². The van der Waals surface area contributed by atoms with Crippen molar-refractivity contribution in [3.05, 3.63) is 50.6 Å². The lowest BCUT2D eigenvalue weighted by molar-refractivity contribution is -0.417. The summed E-state index contributed by atoms with van der Waals surface area (Å²) >= 11 is 5.80. The number of amidine groups is 1. The summed E-state index contributed by atoms with van der Waals surface area (Å²) in [6.45, 7) is 2.95. The summed E-state index contributed by atoms with van der Waals surface area (Å²) in [6.07, 6.45) is 1.62. The number of halogens is 1. The maximum Gasteiger partial charge on any atom is 0.338 e. The Hall–Kier alpha value is -2.72. The number of oxime groups is 1. The standard InChI is InChI=1S/C15H19ClN6O4/c1-10(19-25-2)13(20-26-3)14(22(23)24)15-17-6-7-21(15)9-11-4-5-12(16)18-8-11/h4-5,8,20H,6-7,9H2,1-3H3/b14-13-,19-10+. The van der Waals surface area contributed by atoms with Gasteiger partial charge in [0.15, 0.2) is 5.70 Å². The first-order chi connectivity index (χ1) is 12.5. The number of nitro groups is 1. The fourth-order valence-corrected chi connectivity index (χ4v) is 2.56. The van der Waals surface area contributed by atoms with Crippen molar-refractivity contribution < 1.29 is 14.6 Å². The molecule has 1 aromatic heterocycles. The van der Waals surface area contributed by atoms with Crippen LogP contribution in [0.5, 0.6) is 0 Å². The molecule has 0 unspecified atom stereocenters. The number of nitrogens with one attached hydrogen (secondary N) is 1. The van der Waals surface area contributed by atoms with E-state index in [1.165, 1.54) is 14.2 Å². The average Bonchev–Trinajstić information content (AvgIpc) is 3.04. The molecule has 140 valence electrons. The predicted molar refractivity (Wildman–Crippen MR) is 96.2 cm³/mol. The van der Waals surface area contributed by atoms with Gasteiger partial charge in [-0.15, -0.1) is 0 Å². The van der Waals surface area contributed by atoms with E-state index in [0.717, 1.165) is 5.56 Å². The van der Waals surface area contributed by atoms with Crippen molar-refractivity contribution in [2.45, 2.75) is 13.5 Å². The molecule has 1 aliphatic rings. The molecule has 11 heteroatoms. The molecule has 0 atom stereocenters. The van der Waals surface area contributed by atoms with Crippen molar-refractivity contribution in [1.82, 2.24) is 15.4 Å². The molecule has 0 amide bonds. The molecule has 2 heterocycles. The van der Waals surface area contributed by atoms with Crippen LogP contribution in [0.4, 0.5) is 0 Å². The second-order valence-corrected chi connectivity index (χ2v) is 5.65. The molecule has 0 radical (unpaired) electrons. The molecular weight excluding hydrogens is 364 g/mol. The molecule has 0 saturated carbocycles. The molecule has 0 spiro atoms. The van der Waals surface area contributed by atoms with E-state index < -0.39 is 4.92 Å². The molecule has 26 heavy (non-hydrogen) atoms. The molecule has 0 fully saturated rings. The summed E-state index contributed by atoms with van der Waals surface area (Å²) in [7, 11) is 2.71. The molecule has 1 N–H and O–H groups in total. The largest absolute Gasteiger partial charge is 0.399 e. The van der Waals surface area contributed by atoms with Gasteiger partial charge < -0.3 is 9.74 Å². The number of nitrogens with zero attached hydrogens (tertiary/aromatic N) is 5. The number of hydrogen-bond acceptors (Lipinski definition) is 9. The van der Waals surface area contributed by atoms with Crippen LogP contribution in [0, 0.1) is 10.1 Å². The van der Waals surface area contributed by atoms with Crippen LogP contribution < -0.4 is 5.48 Å². The minimum atomic E-state index is -0.521. The molecule has 0 aliphatic carbocycles. The highest BCUT2D eigenvalue weighted by molar-refractivity contribution is 6.29. The molecular formula is C15H19ClN6O4. The highest BCUT2D eigenvalue weighted by Gasteiger charge is 2.34. The Bertz CT molecular complexity index is 747. The van der Waals surface area contributed by atoms with E-state index in [4.69, 9.17) is 21.3 Å². The SMILES string of the molecule is CO/N=C(C)/C(NOC)=C(\C1=NCCN1Cc1ccc(Cl)nc1)[N+](=O)[O-]. The normalized spacial score (nSPS) is 15.5. The van der Waals surface area contributed by atoms with Gasteiger partial charge in [-0.05, 0) is 18.6 Å². The van der Waals surface area contributed by atoms with Gasteiger partial charge in [-0.25, -0.2) is 4.98 Å². The van der Waals surface area contributed by atoms with Crippen LogP contribution in [-0.4, -0.2) is 53.7 Å². The van der Waals surface area contributed by atoms with Crippen molar-refractivity contribution in [2.75, 3.05) is 27.3 Å². The minimum Gasteiger partial charge on any atom is -0.399 e. The Morgan fingerprint density at radius 2 is 2.27 bits per heavy atom. The van der Waals surface area contributed by atoms with Gasteiger partial charge >= 0.3 is 5.70 Å². The van der Waals surface area contributed by atoms with Gasteiger partial charge in [-0.1, -0.05) is 22.8 Å². The van der Waals surface area contributed by atoms with E-state index in [-0.39, 0.29) is 22.9 Å². The number of rotatable bonds is 8. The van der Waals surface area contributed by atoms with E-state index in [0.29, 0.717) is 24.8 Å². The van der Waals surface area contributed by atoms with Gasteiger partial charge in [-0.2, -0.15) is 0 Å². The molecule has 0 bridgehead atoms. The van der Waals surface area contributed by atoms with Crippen molar-refractivity contribution in [3.63, 3.8) is 0 Å². The molecule has 0 aromatic carbocycles. The Kier molecular flexibility index (Phi) is 6.87. The quantitative estimate of drug-likeness (QED) is 0.314. The van der Waals surface area contributed by atoms with Crippen LogP contribution in [0.3, 0.4) is 0 Å². The van der Waals surface area contributed by atoms with Gasteiger partial charge in [0.25, 0.3) is 0 Å². The first-order valence-electron chi connectivity index (χ1n) is 7.64. The van der Waals surface area contributed by atoms with Crippen molar-refractivity contribution in [3.8, 4) is 0 Å². The maximum atomic E-state index is 11.8. The number of aromatic nitrogens is 1. The Morgan fingerprint density at radius 3 is 2.85 bits per heavy atom. The topological polar surface area (TPSA) is 114 Å².